The van der Waals surface area contributed by atoms with Crippen LogP contribution in [0.2, 0.25) is 0 Å². The lowest BCUT2D eigenvalue weighted by molar-refractivity contribution is 0.0510. The highest BCUT2D eigenvalue weighted by atomic mass is 19.1. The maximum atomic E-state index is 13.5. The Bertz CT molecular complexity index is 1350. The number of rotatable bonds is 8. The maximum absolute atomic E-state index is 13.5. The van der Waals surface area contributed by atoms with E-state index in [2.05, 4.69) is 15.5 Å². The molecule has 2 atom stereocenters. The predicted molar refractivity (Wildman–Crippen MR) is 133 cm³/mol. The Morgan fingerprint density at radius 3 is 2.75 bits per heavy atom. The molecule has 1 aliphatic heterocycles. The number of nitrogens with one attached hydrogen (secondary N) is 1. The van der Waals surface area contributed by atoms with E-state index in [9.17, 15) is 9.50 Å². The summed E-state index contributed by atoms with van der Waals surface area (Å²) < 4.78 is 28.1. The molecule has 4 aromatic rings. The van der Waals surface area contributed by atoms with Crippen LogP contribution < -0.4 is 5.32 Å². The van der Waals surface area contributed by atoms with Gasteiger partial charge in [-0.2, -0.15) is 5.10 Å². The third kappa shape index (κ3) is 4.88. The number of benzene rings is 2. The minimum atomic E-state index is -0.631. The van der Waals surface area contributed by atoms with Gasteiger partial charge in [0.25, 0.3) is 0 Å². The van der Waals surface area contributed by atoms with Crippen LogP contribution >= 0.6 is 0 Å². The van der Waals surface area contributed by atoms with Gasteiger partial charge in [-0.05, 0) is 49.2 Å². The minimum absolute atomic E-state index is 0.174. The van der Waals surface area contributed by atoms with Gasteiger partial charge >= 0.3 is 0 Å². The molecule has 0 spiro atoms. The largest absolute Gasteiger partial charge is 0.389 e. The first kappa shape index (κ1) is 24.1. The Kier molecular flexibility index (Phi) is 6.82. The Morgan fingerprint density at radius 2 is 1.97 bits per heavy atom. The fraction of sp³-hybridized carbons (Fsp3) is 0.346. The van der Waals surface area contributed by atoms with Crippen molar-refractivity contribution in [3.8, 4) is 11.3 Å². The lowest BCUT2D eigenvalue weighted by Gasteiger charge is -2.27. The normalized spacial score (nSPS) is 16.1. The molecule has 0 saturated carbocycles. The average Bonchev–Trinajstić information content (AvgIpc) is 3.44. The standard InChI is InChI=1S/C26H29FN6O3/c1-16-4-5-19(23-10-17(2)32(31-23)12-21(34)13-35-3)11-22(16)28-26-30-29-25-15-36-14-24(33(25)26)18-6-8-20(27)9-7-18/h4-11,21,24,34H,12-15H2,1-3H3,(H,28,30). The Labute approximate surface area is 208 Å². The number of methoxy groups -OCH3 is 1. The summed E-state index contributed by atoms with van der Waals surface area (Å²) in [5.74, 6) is 1.01. The second-order valence-electron chi connectivity index (χ2n) is 9.01. The molecule has 0 radical (unpaired) electrons. The SMILES string of the molecule is COCC(O)Cn1nc(-c2ccc(C)c(Nc3nnc4n3C(c3ccc(F)cc3)COC4)c2)cc1C. The third-order valence-corrected chi connectivity index (χ3v) is 6.34. The van der Waals surface area contributed by atoms with Crippen molar-refractivity contribution in [2.75, 3.05) is 25.6 Å². The number of fused-ring (bicyclic) bond motifs is 1. The van der Waals surface area contributed by atoms with E-state index < -0.39 is 6.10 Å². The summed E-state index contributed by atoms with van der Waals surface area (Å²) in [6.07, 6.45) is -0.631. The zero-order chi connectivity index (χ0) is 25.2. The molecule has 0 amide bonds. The Hall–Kier alpha value is -3.60. The van der Waals surface area contributed by atoms with Crippen LogP contribution in [0.4, 0.5) is 16.0 Å². The van der Waals surface area contributed by atoms with Gasteiger partial charge in [0.05, 0.1) is 37.6 Å². The molecule has 2 N–H and O–H groups in total. The lowest BCUT2D eigenvalue weighted by Crippen LogP contribution is -2.25. The smallest absolute Gasteiger partial charge is 0.229 e. The number of nitrogens with zero attached hydrogens (tertiary/aromatic N) is 5. The van der Waals surface area contributed by atoms with Crippen molar-refractivity contribution in [1.82, 2.24) is 24.5 Å². The summed E-state index contributed by atoms with van der Waals surface area (Å²) in [6, 6.07) is 14.3. The molecule has 2 aromatic heterocycles. The molecule has 3 heterocycles. The maximum Gasteiger partial charge on any atom is 0.229 e. The fourth-order valence-electron chi connectivity index (χ4n) is 4.42. The Balaban J connectivity index is 1.43. The summed E-state index contributed by atoms with van der Waals surface area (Å²) in [5, 5.41) is 26.9. The van der Waals surface area contributed by atoms with E-state index in [0.717, 1.165) is 33.8 Å². The van der Waals surface area contributed by atoms with Gasteiger partial charge in [-0.25, -0.2) is 4.39 Å². The van der Waals surface area contributed by atoms with E-state index in [0.29, 0.717) is 31.5 Å². The number of aliphatic hydroxyl groups is 1. The van der Waals surface area contributed by atoms with Crippen LogP contribution in [0.5, 0.6) is 0 Å². The van der Waals surface area contributed by atoms with Crippen LogP contribution in [-0.2, 0) is 22.6 Å². The second-order valence-corrected chi connectivity index (χ2v) is 9.01. The Morgan fingerprint density at radius 1 is 1.17 bits per heavy atom. The summed E-state index contributed by atoms with van der Waals surface area (Å²) >= 11 is 0. The summed E-state index contributed by atoms with van der Waals surface area (Å²) in [7, 11) is 1.56. The molecule has 1 aliphatic rings. The number of aliphatic hydroxyl groups excluding tert-OH is 1. The molecule has 0 fully saturated rings. The van der Waals surface area contributed by atoms with Crippen molar-refractivity contribution >= 4 is 11.6 Å². The van der Waals surface area contributed by atoms with Crippen LogP contribution in [0.15, 0.2) is 48.5 Å². The van der Waals surface area contributed by atoms with Gasteiger partial charge in [0, 0.05) is 24.1 Å². The van der Waals surface area contributed by atoms with E-state index in [-0.39, 0.29) is 18.5 Å². The highest BCUT2D eigenvalue weighted by molar-refractivity contribution is 5.70. The van der Waals surface area contributed by atoms with E-state index in [4.69, 9.17) is 14.6 Å². The molecule has 0 saturated heterocycles. The lowest BCUT2D eigenvalue weighted by atomic mass is 10.1. The van der Waals surface area contributed by atoms with E-state index in [1.807, 2.05) is 42.7 Å². The van der Waals surface area contributed by atoms with Crippen molar-refractivity contribution in [3.05, 3.63) is 77.0 Å². The van der Waals surface area contributed by atoms with E-state index in [1.54, 1.807) is 23.9 Å². The zero-order valence-electron chi connectivity index (χ0n) is 20.5. The first-order valence-corrected chi connectivity index (χ1v) is 11.8. The first-order valence-electron chi connectivity index (χ1n) is 11.8. The van der Waals surface area contributed by atoms with Gasteiger partial charge in [0.2, 0.25) is 5.95 Å². The molecule has 0 aliphatic carbocycles. The predicted octanol–water partition coefficient (Wildman–Crippen LogP) is 3.77. The van der Waals surface area contributed by atoms with Crippen molar-refractivity contribution < 1.29 is 19.0 Å². The fourth-order valence-corrected chi connectivity index (χ4v) is 4.42. The number of anilines is 2. The molecule has 9 nitrogen and oxygen atoms in total. The molecular formula is C26H29FN6O3. The quantitative estimate of drug-likeness (QED) is 0.386. The number of halogens is 1. The molecule has 0 bridgehead atoms. The highest BCUT2D eigenvalue weighted by Crippen LogP contribution is 2.32. The van der Waals surface area contributed by atoms with Crippen molar-refractivity contribution in [3.63, 3.8) is 0 Å². The monoisotopic (exact) mass is 492 g/mol. The van der Waals surface area contributed by atoms with Gasteiger partial charge in [-0.3, -0.25) is 9.25 Å². The topological polar surface area (TPSA) is 99.3 Å². The van der Waals surface area contributed by atoms with Crippen molar-refractivity contribution in [2.24, 2.45) is 0 Å². The number of ether oxygens (including phenoxy) is 2. The van der Waals surface area contributed by atoms with Gasteiger partial charge in [0.1, 0.15) is 12.4 Å². The molecule has 188 valence electrons. The first-order chi connectivity index (χ1) is 17.4. The van der Waals surface area contributed by atoms with Gasteiger partial charge in [-0.1, -0.05) is 24.3 Å². The van der Waals surface area contributed by atoms with Gasteiger partial charge < -0.3 is 19.9 Å². The van der Waals surface area contributed by atoms with Crippen molar-refractivity contribution in [2.45, 2.75) is 39.1 Å². The second kappa shape index (κ2) is 10.2. The number of hydrogen-bond donors (Lipinski definition) is 2. The number of aryl methyl sites for hydroxylation is 2. The highest BCUT2D eigenvalue weighted by Gasteiger charge is 2.27. The third-order valence-electron chi connectivity index (χ3n) is 6.34. The average molecular weight is 493 g/mol. The van der Waals surface area contributed by atoms with Gasteiger partial charge in [-0.15, -0.1) is 10.2 Å². The van der Waals surface area contributed by atoms with Crippen LogP contribution in [0, 0.1) is 19.7 Å². The van der Waals surface area contributed by atoms with Gasteiger partial charge in [0.15, 0.2) is 5.82 Å². The molecule has 36 heavy (non-hydrogen) atoms. The molecule has 2 unspecified atom stereocenters. The van der Waals surface area contributed by atoms with Crippen molar-refractivity contribution in [1.29, 1.82) is 0 Å². The molecular weight excluding hydrogens is 463 g/mol. The summed E-state index contributed by atoms with van der Waals surface area (Å²) in [6.45, 7) is 5.39. The summed E-state index contributed by atoms with van der Waals surface area (Å²) in [5.41, 5.74) is 5.52. The molecule has 2 aromatic carbocycles. The van der Waals surface area contributed by atoms with Crippen LogP contribution in [0.1, 0.15) is 28.7 Å². The zero-order valence-corrected chi connectivity index (χ0v) is 20.5. The molecule has 5 rings (SSSR count). The van der Waals surface area contributed by atoms with Crippen LogP contribution in [0.25, 0.3) is 11.3 Å². The minimum Gasteiger partial charge on any atom is -0.389 e. The molecule has 10 heteroatoms. The number of aromatic nitrogens is 5. The van der Waals surface area contributed by atoms with E-state index in [1.165, 1.54) is 12.1 Å². The van der Waals surface area contributed by atoms with Crippen LogP contribution in [0.3, 0.4) is 0 Å². The summed E-state index contributed by atoms with van der Waals surface area (Å²) in [4.78, 5) is 0. The van der Waals surface area contributed by atoms with E-state index >= 15 is 0 Å². The van der Waals surface area contributed by atoms with Crippen LogP contribution in [-0.4, -0.2) is 56.1 Å². The number of hydrogen-bond acceptors (Lipinski definition) is 7.